The van der Waals surface area contributed by atoms with Gasteiger partial charge in [0.2, 0.25) is 0 Å². The Kier molecular flexibility index (Phi) is 5.48. The van der Waals surface area contributed by atoms with Crippen LogP contribution in [0.5, 0.6) is 5.75 Å². The molecule has 6 nitrogen and oxygen atoms in total. The van der Waals surface area contributed by atoms with Gasteiger partial charge >= 0.3 is 0 Å². The first-order chi connectivity index (χ1) is 13.7. The van der Waals surface area contributed by atoms with Gasteiger partial charge < -0.3 is 19.9 Å². The van der Waals surface area contributed by atoms with E-state index in [0.29, 0.717) is 16.6 Å². The number of para-hydroxylation sites is 1. The van der Waals surface area contributed by atoms with Crippen molar-refractivity contribution in [1.29, 1.82) is 0 Å². The van der Waals surface area contributed by atoms with E-state index in [4.69, 9.17) is 16.3 Å². The SMILES string of the molecule is COc1ccc(Cl)cc1Nc1cc(N2CCN(c3ccccc3)CC2)ncn1. The maximum absolute atomic E-state index is 6.12. The number of halogens is 1. The van der Waals surface area contributed by atoms with Gasteiger partial charge in [-0.25, -0.2) is 9.97 Å². The number of hydrogen-bond donors (Lipinski definition) is 1. The highest BCUT2D eigenvalue weighted by Gasteiger charge is 2.19. The lowest BCUT2D eigenvalue weighted by molar-refractivity contribution is 0.417. The van der Waals surface area contributed by atoms with Crippen molar-refractivity contribution in [2.24, 2.45) is 0 Å². The summed E-state index contributed by atoms with van der Waals surface area (Å²) < 4.78 is 5.39. The van der Waals surface area contributed by atoms with E-state index in [1.54, 1.807) is 19.5 Å². The van der Waals surface area contributed by atoms with Gasteiger partial charge in [-0.2, -0.15) is 0 Å². The van der Waals surface area contributed by atoms with Gasteiger partial charge in [0.1, 0.15) is 23.7 Å². The third-order valence-corrected chi connectivity index (χ3v) is 5.04. The molecule has 4 rings (SSSR count). The molecule has 144 valence electrons. The number of piperazine rings is 1. The lowest BCUT2D eigenvalue weighted by Crippen LogP contribution is -2.46. The van der Waals surface area contributed by atoms with Crippen LogP contribution in [-0.4, -0.2) is 43.3 Å². The minimum Gasteiger partial charge on any atom is -0.495 e. The average molecular weight is 396 g/mol. The van der Waals surface area contributed by atoms with E-state index >= 15 is 0 Å². The van der Waals surface area contributed by atoms with Gasteiger partial charge in [-0.15, -0.1) is 0 Å². The summed E-state index contributed by atoms with van der Waals surface area (Å²) in [6, 6.07) is 17.9. The molecule has 1 aromatic heterocycles. The fourth-order valence-electron chi connectivity index (χ4n) is 3.34. The van der Waals surface area contributed by atoms with Gasteiger partial charge in [-0.1, -0.05) is 29.8 Å². The van der Waals surface area contributed by atoms with Crippen LogP contribution in [0.15, 0.2) is 60.9 Å². The molecule has 0 saturated carbocycles. The number of hydrogen-bond acceptors (Lipinski definition) is 6. The fourth-order valence-corrected chi connectivity index (χ4v) is 3.51. The number of methoxy groups -OCH3 is 1. The summed E-state index contributed by atoms with van der Waals surface area (Å²) in [6.45, 7) is 3.73. The molecule has 1 aliphatic rings. The van der Waals surface area contributed by atoms with Crippen LogP contribution in [0.25, 0.3) is 0 Å². The third kappa shape index (κ3) is 4.12. The normalized spacial score (nSPS) is 14.1. The second-order valence-corrected chi connectivity index (χ2v) is 6.98. The van der Waals surface area contributed by atoms with Crippen molar-refractivity contribution < 1.29 is 4.74 Å². The zero-order chi connectivity index (χ0) is 19.3. The predicted molar refractivity (Wildman–Crippen MR) is 114 cm³/mol. The minimum absolute atomic E-state index is 0.634. The topological polar surface area (TPSA) is 53.5 Å². The molecule has 3 aromatic rings. The highest BCUT2D eigenvalue weighted by Crippen LogP contribution is 2.30. The van der Waals surface area contributed by atoms with Gasteiger partial charge in [-0.05, 0) is 30.3 Å². The van der Waals surface area contributed by atoms with Crippen LogP contribution in [0.1, 0.15) is 0 Å². The Labute approximate surface area is 169 Å². The van der Waals surface area contributed by atoms with Gasteiger partial charge in [0.05, 0.1) is 12.8 Å². The minimum atomic E-state index is 0.634. The zero-order valence-corrected chi connectivity index (χ0v) is 16.4. The molecule has 2 aromatic carbocycles. The molecule has 0 bridgehead atoms. The summed E-state index contributed by atoms with van der Waals surface area (Å²) >= 11 is 6.12. The maximum atomic E-state index is 6.12. The fraction of sp³-hybridized carbons (Fsp3) is 0.238. The number of ether oxygens (including phenoxy) is 1. The molecule has 0 amide bonds. The number of anilines is 4. The number of nitrogens with zero attached hydrogens (tertiary/aromatic N) is 4. The third-order valence-electron chi connectivity index (χ3n) is 4.80. The Hall–Kier alpha value is -2.99. The van der Waals surface area contributed by atoms with E-state index < -0.39 is 0 Å². The molecule has 0 unspecified atom stereocenters. The van der Waals surface area contributed by atoms with Crippen molar-refractivity contribution in [3.63, 3.8) is 0 Å². The molecule has 0 atom stereocenters. The zero-order valence-electron chi connectivity index (χ0n) is 15.7. The molecule has 28 heavy (non-hydrogen) atoms. The average Bonchev–Trinajstić information content (AvgIpc) is 2.75. The van der Waals surface area contributed by atoms with Crippen molar-refractivity contribution in [3.05, 3.63) is 65.9 Å². The summed E-state index contributed by atoms with van der Waals surface area (Å²) in [6.07, 6.45) is 1.58. The van der Waals surface area contributed by atoms with E-state index in [2.05, 4.69) is 49.4 Å². The van der Waals surface area contributed by atoms with E-state index in [9.17, 15) is 0 Å². The lowest BCUT2D eigenvalue weighted by Gasteiger charge is -2.36. The summed E-state index contributed by atoms with van der Waals surface area (Å²) in [7, 11) is 1.63. The molecule has 0 spiro atoms. The molecule has 2 heterocycles. The van der Waals surface area contributed by atoms with Crippen molar-refractivity contribution in [2.45, 2.75) is 0 Å². The second kappa shape index (κ2) is 8.35. The van der Waals surface area contributed by atoms with Crippen LogP contribution in [0.3, 0.4) is 0 Å². The quantitative estimate of drug-likeness (QED) is 0.698. The second-order valence-electron chi connectivity index (χ2n) is 6.54. The highest BCUT2D eigenvalue weighted by atomic mass is 35.5. The van der Waals surface area contributed by atoms with Gasteiger partial charge in [0.25, 0.3) is 0 Å². The molecule has 0 radical (unpaired) electrons. The number of aromatic nitrogens is 2. The highest BCUT2D eigenvalue weighted by molar-refractivity contribution is 6.31. The Balaban J connectivity index is 1.45. The maximum Gasteiger partial charge on any atom is 0.142 e. The lowest BCUT2D eigenvalue weighted by atomic mass is 10.2. The van der Waals surface area contributed by atoms with Gasteiger partial charge in [0.15, 0.2) is 0 Å². The summed E-state index contributed by atoms with van der Waals surface area (Å²) in [5.74, 6) is 2.32. The molecule has 1 aliphatic heterocycles. The molecular formula is C21H22ClN5O. The smallest absolute Gasteiger partial charge is 0.142 e. The number of rotatable bonds is 5. The van der Waals surface area contributed by atoms with Crippen LogP contribution >= 0.6 is 11.6 Å². The summed E-state index contributed by atoms with van der Waals surface area (Å²) in [5, 5.41) is 3.91. The van der Waals surface area contributed by atoms with Gasteiger partial charge in [-0.3, -0.25) is 0 Å². The monoisotopic (exact) mass is 395 g/mol. The first kappa shape index (κ1) is 18.4. The number of nitrogens with one attached hydrogen (secondary N) is 1. The Bertz CT molecular complexity index is 929. The Morgan fingerprint density at radius 3 is 2.43 bits per heavy atom. The molecular weight excluding hydrogens is 374 g/mol. The van der Waals surface area contributed by atoms with Crippen molar-refractivity contribution in [3.8, 4) is 5.75 Å². The van der Waals surface area contributed by atoms with E-state index in [1.807, 2.05) is 24.3 Å². The number of benzene rings is 2. The van der Waals surface area contributed by atoms with Crippen molar-refractivity contribution in [1.82, 2.24) is 9.97 Å². The van der Waals surface area contributed by atoms with Crippen LogP contribution in [0, 0.1) is 0 Å². The summed E-state index contributed by atoms with van der Waals surface area (Å²) in [5.41, 5.74) is 2.04. The molecule has 7 heteroatoms. The van der Waals surface area contributed by atoms with Crippen LogP contribution in [0.4, 0.5) is 23.0 Å². The molecule has 1 saturated heterocycles. The molecule has 0 aliphatic carbocycles. The largest absolute Gasteiger partial charge is 0.495 e. The molecule has 1 fully saturated rings. The standard InChI is InChI=1S/C21H22ClN5O/c1-28-19-8-7-16(22)13-18(19)25-20-14-21(24-15-23-20)27-11-9-26(10-12-27)17-5-3-2-4-6-17/h2-8,13-15H,9-12H2,1H3,(H,23,24,25). The first-order valence-electron chi connectivity index (χ1n) is 9.20. The van der Waals surface area contributed by atoms with E-state index in [0.717, 1.165) is 37.7 Å². The van der Waals surface area contributed by atoms with Crippen LogP contribution in [0.2, 0.25) is 5.02 Å². The van der Waals surface area contributed by atoms with Crippen LogP contribution < -0.4 is 19.9 Å². The van der Waals surface area contributed by atoms with E-state index in [1.165, 1.54) is 5.69 Å². The van der Waals surface area contributed by atoms with Crippen molar-refractivity contribution in [2.75, 3.05) is 48.4 Å². The first-order valence-corrected chi connectivity index (χ1v) is 9.58. The summed E-state index contributed by atoms with van der Waals surface area (Å²) in [4.78, 5) is 13.5. The Morgan fingerprint density at radius 1 is 0.929 bits per heavy atom. The van der Waals surface area contributed by atoms with Crippen LogP contribution in [-0.2, 0) is 0 Å². The molecule has 1 N–H and O–H groups in total. The van der Waals surface area contributed by atoms with E-state index in [-0.39, 0.29) is 0 Å². The Morgan fingerprint density at radius 2 is 1.68 bits per heavy atom. The van der Waals surface area contributed by atoms with Gasteiger partial charge in [0, 0.05) is 43.0 Å². The predicted octanol–water partition coefficient (Wildman–Crippen LogP) is 4.21. The van der Waals surface area contributed by atoms with Crippen molar-refractivity contribution >= 4 is 34.6 Å².